The Morgan fingerprint density at radius 1 is 1.44 bits per heavy atom. The molecule has 4 rings (SSSR count). The topological polar surface area (TPSA) is 61.8 Å². The third kappa shape index (κ3) is 2.53. The van der Waals surface area contributed by atoms with Crippen LogP contribution in [0.4, 0.5) is 0 Å². The summed E-state index contributed by atoms with van der Waals surface area (Å²) in [6.07, 6.45) is 7.93. The Balaban J connectivity index is 2.28. The summed E-state index contributed by atoms with van der Waals surface area (Å²) in [5.41, 5.74) is -1.43. The van der Waals surface area contributed by atoms with Gasteiger partial charge in [-0.05, 0) is 31.1 Å². The van der Waals surface area contributed by atoms with Crippen LogP contribution in [0.3, 0.4) is 0 Å². The number of rotatable bonds is 3. The van der Waals surface area contributed by atoms with Crippen molar-refractivity contribution in [1.29, 1.82) is 0 Å². The summed E-state index contributed by atoms with van der Waals surface area (Å²) in [4.78, 5) is 25.8. The van der Waals surface area contributed by atoms with Crippen molar-refractivity contribution in [3.8, 4) is 12.0 Å². The second-order valence-corrected chi connectivity index (χ2v) is 8.51. The Morgan fingerprint density at radius 3 is 2.74 bits per heavy atom. The Kier molecular flexibility index (Phi) is 4.66. The second-order valence-electron chi connectivity index (χ2n) is 8.51. The van der Waals surface area contributed by atoms with Gasteiger partial charge in [-0.25, -0.2) is 0 Å². The number of hydrogen-bond donors (Lipinski definition) is 0. The summed E-state index contributed by atoms with van der Waals surface area (Å²) in [6, 6.07) is 0. The van der Waals surface area contributed by atoms with Crippen LogP contribution in [0, 0.1) is 40.6 Å². The van der Waals surface area contributed by atoms with Gasteiger partial charge in [0.15, 0.2) is 5.60 Å². The fourth-order valence-electron chi connectivity index (χ4n) is 5.37. The standard InChI is InChI=1S/C22H28O5/c1-7-21(5)11-9-16-20(3,4)15-13-14(10-12-26-8-2)22(16,27-18(15)23)17(21)19(24)25-6/h7,13,15-17H,1,8-9,11H2,2-6H3/t15-,16+,17+,21?,22-/m1/s1. The summed E-state index contributed by atoms with van der Waals surface area (Å²) in [6.45, 7) is 12.4. The van der Waals surface area contributed by atoms with Crippen LogP contribution in [0.25, 0.3) is 0 Å². The monoisotopic (exact) mass is 372 g/mol. The van der Waals surface area contributed by atoms with E-state index in [0.717, 1.165) is 12.8 Å². The van der Waals surface area contributed by atoms with E-state index in [1.165, 1.54) is 7.11 Å². The van der Waals surface area contributed by atoms with E-state index in [2.05, 4.69) is 32.5 Å². The smallest absolute Gasteiger partial charge is 0.314 e. The molecule has 146 valence electrons. The zero-order valence-electron chi connectivity index (χ0n) is 16.8. The van der Waals surface area contributed by atoms with Crippen LogP contribution in [0.5, 0.6) is 0 Å². The minimum absolute atomic E-state index is 0.0410. The molecule has 1 spiro atoms. The van der Waals surface area contributed by atoms with Crippen molar-refractivity contribution in [3.63, 3.8) is 0 Å². The molecule has 1 saturated heterocycles. The van der Waals surface area contributed by atoms with Gasteiger partial charge in [0.25, 0.3) is 0 Å². The van der Waals surface area contributed by atoms with Gasteiger partial charge < -0.3 is 14.2 Å². The van der Waals surface area contributed by atoms with E-state index >= 15 is 0 Å². The zero-order valence-corrected chi connectivity index (χ0v) is 16.8. The highest BCUT2D eigenvalue weighted by molar-refractivity contribution is 5.85. The lowest BCUT2D eigenvalue weighted by atomic mass is 9.44. The van der Waals surface area contributed by atoms with Gasteiger partial charge >= 0.3 is 11.9 Å². The molecule has 5 atom stereocenters. The number of carbonyl (C=O) groups excluding carboxylic acids is 2. The van der Waals surface area contributed by atoms with E-state index in [1.54, 1.807) is 6.08 Å². The number of hydrogen-bond acceptors (Lipinski definition) is 5. The molecule has 5 nitrogen and oxygen atoms in total. The minimum Gasteiger partial charge on any atom is -0.469 e. The predicted octanol–water partition coefficient (Wildman–Crippen LogP) is 3.25. The lowest BCUT2D eigenvalue weighted by Gasteiger charge is -2.64. The number of fused-ring (bicyclic) bond motifs is 1. The van der Waals surface area contributed by atoms with E-state index in [-0.39, 0.29) is 23.2 Å². The van der Waals surface area contributed by atoms with E-state index in [1.807, 2.05) is 19.9 Å². The van der Waals surface area contributed by atoms with Gasteiger partial charge in [0.1, 0.15) is 12.0 Å². The number of carbonyl (C=O) groups is 2. The SMILES string of the molecule is C=CC1(C)CC[C@H]2C(C)(C)[C@@H]3C=C(C#COCC)[C@]2(OC3=O)[C@H]1C(=O)OC. The lowest BCUT2D eigenvalue weighted by molar-refractivity contribution is -0.233. The molecule has 2 fully saturated rings. The Bertz CT molecular complexity index is 767. The van der Waals surface area contributed by atoms with Crippen molar-refractivity contribution in [2.24, 2.45) is 28.6 Å². The molecule has 5 heteroatoms. The third-order valence-electron chi connectivity index (χ3n) is 6.86. The van der Waals surface area contributed by atoms with Gasteiger partial charge in [0.05, 0.1) is 19.6 Å². The van der Waals surface area contributed by atoms with E-state index in [9.17, 15) is 9.59 Å². The van der Waals surface area contributed by atoms with Crippen LogP contribution in [-0.2, 0) is 23.8 Å². The average Bonchev–Trinajstić information content (AvgIpc) is 2.62. The Hall–Kier alpha value is -2.22. The fraction of sp³-hybridized carbons (Fsp3) is 0.636. The highest BCUT2D eigenvalue weighted by Crippen LogP contribution is 2.66. The van der Waals surface area contributed by atoms with Gasteiger partial charge in [0, 0.05) is 16.9 Å². The molecule has 2 aliphatic heterocycles. The molecule has 2 aliphatic carbocycles. The predicted molar refractivity (Wildman–Crippen MR) is 100 cm³/mol. The largest absolute Gasteiger partial charge is 0.469 e. The van der Waals surface area contributed by atoms with Crippen molar-refractivity contribution in [3.05, 3.63) is 24.3 Å². The van der Waals surface area contributed by atoms with Crippen LogP contribution in [0.1, 0.15) is 40.5 Å². The van der Waals surface area contributed by atoms with Crippen LogP contribution >= 0.6 is 0 Å². The van der Waals surface area contributed by atoms with Gasteiger partial charge in [-0.2, -0.15) is 0 Å². The molecule has 0 radical (unpaired) electrons. The first-order valence-electron chi connectivity index (χ1n) is 9.48. The number of esters is 2. The van der Waals surface area contributed by atoms with Crippen LogP contribution in [-0.4, -0.2) is 31.3 Å². The summed E-state index contributed by atoms with van der Waals surface area (Å²) >= 11 is 0. The van der Waals surface area contributed by atoms with Gasteiger partial charge in [0.2, 0.25) is 0 Å². The normalized spacial score (nSPS) is 38.5. The second kappa shape index (κ2) is 6.44. The maximum absolute atomic E-state index is 13.0. The average molecular weight is 372 g/mol. The molecular weight excluding hydrogens is 344 g/mol. The van der Waals surface area contributed by atoms with E-state index < -0.39 is 22.9 Å². The summed E-state index contributed by atoms with van der Waals surface area (Å²) in [5, 5.41) is 0. The summed E-state index contributed by atoms with van der Waals surface area (Å²) in [7, 11) is 1.36. The molecular formula is C22H28O5. The van der Waals surface area contributed by atoms with Crippen LogP contribution in [0.2, 0.25) is 0 Å². The van der Waals surface area contributed by atoms with Gasteiger partial charge in [-0.3, -0.25) is 9.59 Å². The Morgan fingerprint density at radius 2 is 2.15 bits per heavy atom. The molecule has 0 N–H and O–H groups in total. The lowest BCUT2D eigenvalue weighted by Crippen LogP contribution is -2.70. The van der Waals surface area contributed by atoms with E-state index in [4.69, 9.17) is 14.2 Å². The zero-order chi connectivity index (χ0) is 20.0. The van der Waals surface area contributed by atoms with Crippen molar-refractivity contribution in [2.75, 3.05) is 13.7 Å². The highest BCUT2D eigenvalue weighted by atomic mass is 16.6. The van der Waals surface area contributed by atoms with Crippen molar-refractivity contribution >= 4 is 11.9 Å². The van der Waals surface area contributed by atoms with E-state index in [0.29, 0.717) is 12.2 Å². The van der Waals surface area contributed by atoms with Crippen molar-refractivity contribution in [1.82, 2.24) is 0 Å². The van der Waals surface area contributed by atoms with Crippen molar-refractivity contribution < 1.29 is 23.8 Å². The highest BCUT2D eigenvalue weighted by Gasteiger charge is 2.72. The van der Waals surface area contributed by atoms with Crippen LogP contribution in [0.15, 0.2) is 24.3 Å². The first kappa shape index (κ1) is 19.5. The molecule has 0 aromatic carbocycles. The molecule has 1 unspecified atom stereocenters. The van der Waals surface area contributed by atoms with Crippen molar-refractivity contribution in [2.45, 2.75) is 46.1 Å². The molecule has 0 amide bonds. The summed E-state index contributed by atoms with van der Waals surface area (Å²) in [5.74, 6) is 1.19. The molecule has 0 aromatic heterocycles. The molecule has 1 saturated carbocycles. The maximum atomic E-state index is 13.0. The van der Waals surface area contributed by atoms with Gasteiger partial charge in [-0.15, -0.1) is 6.58 Å². The maximum Gasteiger partial charge on any atom is 0.314 e. The number of methoxy groups -OCH3 is 1. The quantitative estimate of drug-likeness (QED) is 0.432. The fourth-order valence-corrected chi connectivity index (χ4v) is 5.37. The number of ether oxygens (including phenoxy) is 3. The molecule has 2 heterocycles. The third-order valence-corrected chi connectivity index (χ3v) is 6.86. The van der Waals surface area contributed by atoms with Gasteiger partial charge in [-0.1, -0.05) is 32.9 Å². The first-order chi connectivity index (χ1) is 12.7. The summed E-state index contributed by atoms with van der Waals surface area (Å²) < 4.78 is 16.5. The first-order valence-corrected chi connectivity index (χ1v) is 9.48. The molecule has 2 bridgehead atoms. The number of allylic oxidation sites excluding steroid dienone is 1. The molecule has 0 aromatic rings. The molecule has 4 aliphatic rings. The molecule has 27 heavy (non-hydrogen) atoms. The minimum atomic E-state index is -1.16. The van der Waals surface area contributed by atoms with Crippen LogP contribution < -0.4 is 0 Å². The Labute approximate surface area is 161 Å².